The lowest BCUT2D eigenvalue weighted by Crippen LogP contribution is -2.38. The quantitative estimate of drug-likeness (QED) is 0.838. The lowest BCUT2D eigenvalue weighted by atomic mass is 10.1. The highest BCUT2D eigenvalue weighted by molar-refractivity contribution is 5.40. The first-order chi connectivity index (χ1) is 9.35. The number of ether oxygens (including phenoxy) is 3. The summed E-state index contributed by atoms with van der Waals surface area (Å²) < 4.78 is 16.8. The lowest BCUT2D eigenvalue weighted by molar-refractivity contribution is -0.0166. The molecule has 0 amide bonds. The number of likely N-dealkylation sites (tertiary alicyclic amines) is 1. The van der Waals surface area contributed by atoms with Crippen LogP contribution in [-0.2, 0) is 11.3 Å². The molecule has 1 saturated heterocycles. The van der Waals surface area contributed by atoms with Gasteiger partial charge in [0.1, 0.15) is 17.6 Å². The van der Waals surface area contributed by atoms with Crippen LogP contribution in [0, 0.1) is 0 Å². The van der Waals surface area contributed by atoms with Crippen molar-refractivity contribution >= 4 is 0 Å². The van der Waals surface area contributed by atoms with Gasteiger partial charge in [-0.05, 0) is 37.6 Å². The molecule has 0 saturated carbocycles. The minimum atomic E-state index is 0.339. The number of rotatable bonds is 3. The lowest BCUT2D eigenvalue weighted by Gasteiger charge is -2.31. The number of fused-ring (bicyclic) bond motifs is 1. The fourth-order valence-corrected chi connectivity index (χ4v) is 2.68. The zero-order chi connectivity index (χ0) is 13.1. The standard InChI is InChI=1S/C15H21NO3/c1-2-16-7-5-13(6-8-16)19-14-3-4-15-12(9-14)10-17-11-18-15/h3-4,9,13H,2,5-8,10-11H2,1H3. The van der Waals surface area contributed by atoms with E-state index in [0.29, 0.717) is 19.5 Å². The summed E-state index contributed by atoms with van der Waals surface area (Å²) in [6.45, 7) is 6.59. The maximum atomic E-state index is 6.08. The molecule has 19 heavy (non-hydrogen) atoms. The van der Waals surface area contributed by atoms with Crippen molar-refractivity contribution in [3.63, 3.8) is 0 Å². The van der Waals surface area contributed by atoms with Crippen LogP contribution >= 0.6 is 0 Å². The highest BCUT2D eigenvalue weighted by Crippen LogP contribution is 2.29. The van der Waals surface area contributed by atoms with E-state index >= 15 is 0 Å². The van der Waals surface area contributed by atoms with Gasteiger partial charge in [-0.15, -0.1) is 0 Å². The van der Waals surface area contributed by atoms with Crippen LogP contribution in [0.5, 0.6) is 11.5 Å². The van der Waals surface area contributed by atoms with Crippen LogP contribution in [0.2, 0.25) is 0 Å². The Morgan fingerprint density at radius 1 is 1.32 bits per heavy atom. The van der Waals surface area contributed by atoms with E-state index < -0.39 is 0 Å². The van der Waals surface area contributed by atoms with Gasteiger partial charge in [-0.1, -0.05) is 6.92 Å². The van der Waals surface area contributed by atoms with Crippen LogP contribution in [0.25, 0.3) is 0 Å². The fourth-order valence-electron chi connectivity index (χ4n) is 2.68. The van der Waals surface area contributed by atoms with Crippen LogP contribution in [0.1, 0.15) is 25.3 Å². The Labute approximate surface area is 114 Å². The molecule has 0 spiro atoms. The zero-order valence-electron chi connectivity index (χ0n) is 11.4. The van der Waals surface area contributed by atoms with Gasteiger partial charge in [-0.25, -0.2) is 0 Å². The second-order valence-corrected chi connectivity index (χ2v) is 5.13. The second kappa shape index (κ2) is 5.80. The summed E-state index contributed by atoms with van der Waals surface area (Å²) in [4.78, 5) is 2.47. The molecule has 4 nitrogen and oxygen atoms in total. The number of piperidine rings is 1. The van der Waals surface area contributed by atoms with E-state index in [1.165, 1.54) is 0 Å². The zero-order valence-corrected chi connectivity index (χ0v) is 11.4. The summed E-state index contributed by atoms with van der Waals surface area (Å²) >= 11 is 0. The van der Waals surface area contributed by atoms with Crippen molar-refractivity contribution in [3.05, 3.63) is 23.8 Å². The van der Waals surface area contributed by atoms with Crippen molar-refractivity contribution in [1.29, 1.82) is 0 Å². The van der Waals surface area contributed by atoms with Gasteiger partial charge in [0.15, 0.2) is 6.79 Å². The molecular formula is C15H21NO3. The third-order valence-corrected chi connectivity index (χ3v) is 3.87. The molecule has 0 bridgehead atoms. The summed E-state index contributed by atoms with van der Waals surface area (Å²) in [6.07, 6.45) is 2.56. The SMILES string of the molecule is CCN1CCC(Oc2ccc3c(c2)COCO3)CC1. The molecule has 1 aromatic rings. The molecule has 2 aliphatic rings. The minimum Gasteiger partial charge on any atom is -0.490 e. The average Bonchev–Trinajstić information content (AvgIpc) is 2.48. The van der Waals surface area contributed by atoms with Gasteiger partial charge < -0.3 is 19.1 Å². The molecule has 2 aliphatic heterocycles. The van der Waals surface area contributed by atoms with E-state index in [9.17, 15) is 0 Å². The van der Waals surface area contributed by atoms with Crippen molar-refractivity contribution in [2.75, 3.05) is 26.4 Å². The summed E-state index contributed by atoms with van der Waals surface area (Å²) in [6, 6.07) is 6.02. The molecule has 1 aromatic carbocycles. The van der Waals surface area contributed by atoms with E-state index in [1.54, 1.807) is 0 Å². The first kappa shape index (κ1) is 12.8. The van der Waals surface area contributed by atoms with Gasteiger partial charge in [-0.3, -0.25) is 0 Å². The molecule has 1 fully saturated rings. The van der Waals surface area contributed by atoms with E-state index in [-0.39, 0.29) is 0 Å². The number of benzene rings is 1. The third-order valence-electron chi connectivity index (χ3n) is 3.87. The largest absolute Gasteiger partial charge is 0.490 e. The maximum absolute atomic E-state index is 6.08. The summed E-state index contributed by atoms with van der Waals surface area (Å²) in [5, 5.41) is 0. The second-order valence-electron chi connectivity index (χ2n) is 5.13. The molecule has 2 heterocycles. The van der Waals surface area contributed by atoms with Gasteiger partial charge in [0.25, 0.3) is 0 Å². The number of hydrogen-bond acceptors (Lipinski definition) is 4. The minimum absolute atomic E-state index is 0.339. The topological polar surface area (TPSA) is 30.9 Å². The molecule has 104 valence electrons. The molecule has 0 atom stereocenters. The van der Waals surface area contributed by atoms with Crippen molar-refractivity contribution in [2.24, 2.45) is 0 Å². The Bertz CT molecular complexity index is 427. The molecule has 4 heteroatoms. The summed E-state index contributed by atoms with van der Waals surface area (Å²) in [5.41, 5.74) is 1.08. The van der Waals surface area contributed by atoms with Gasteiger partial charge in [0.05, 0.1) is 6.61 Å². The van der Waals surface area contributed by atoms with Crippen molar-refractivity contribution < 1.29 is 14.2 Å². The first-order valence-corrected chi connectivity index (χ1v) is 7.07. The Morgan fingerprint density at radius 3 is 2.95 bits per heavy atom. The van der Waals surface area contributed by atoms with Crippen LogP contribution in [0.15, 0.2) is 18.2 Å². The molecule has 0 aliphatic carbocycles. The molecule has 0 aromatic heterocycles. The summed E-state index contributed by atoms with van der Waals surface area (Å²) in [5.74, 6) is 1.85. The van der Waals surface area contributed by atoms with Gasteiger partial charge in [0.2, 0.25) is 0 Å². The van der Waals surface area contributed by atoms with E-state index in [2.05, 4.69) is 11.8 Å². The Hall–Kier alpha value is -1.26. The van der Waals surface area contributed by atoms with Crippen LogP contribution < -0.4 is 9.47 Å². The van der Waals surface area contributed by atoms with Gasteiger partial charge >= 0.3 is 0 Å². The number of hydrogen-bond donors (Lipinski definition) is 0. The average molecular weight is 263 g/mol. The predicted molar refractivity (Wildman–Crippen MR) is 72.5 cm³/mol. The Kier molecular flexibility index (Phi) is 3.89. The fraction of sp³-hybridized carbons (Fsp3) is 0.600. The molecule has 0 unspecified atom stereocenters. The molecule has 0 N–H and O–H groups in total. The van der Waals surface area contributed by atoms with Crippen LogP contribution in [-0.4, -0.2) is 37.4 Å². The monoisotopic (exact) mass is 263 g/mol. The summed E-state index contributed by atoms with van der Waals surface area (Å²) in [7, 11) is 0. The van der Waals surface area contributed by atoms with Crippen molar-refractivity contribution in [2.45, 2.75) is 32.5 Å². The first-order valence-electron chi connectivity index (χ1n) is 7.07. The van der Waals surface area contributed by atoms with E-state index in [4.69, 9.17) is 14.2 Å². The smallest absolute Gasteiger partial charge is 0.189 e. The maximum Gasteiger partial charge on any atom is 0.189 e. The van der Waals surface area contributed by atoms with Gasteiger partial charge in [-0.2, -0.15) is 0 Å². The van der Waals surface area contributed by atoms with Crippen molar-refractivity contribution in [3.8, 4) is 11.5 Å². The van der Waals surface area contributed by atoms with E-state index in [1.807, 2.05) is 18.2 Å². The van der Waals surface area contributed by atoms with Crippen LogP contribution in [0.4, 0.5) is 0 Å². The Balaban J connectivity index is 1.61. The Morgan fingerprint density at radius 2 is 2.16 bits per heavy atom. The number of nitrogens with zero attached hydrogens (tertiary/aromatic N) is 1. The normalized spacial score (nSPS) is 20.7. The van der Waals surface area contributed by atoms with E-state index in [0.717, 1.165) is 49.5 Å². The van der Waals surface area contributed by atoms with Gasteiger partial charge in [0, 0.05) is 18.7 Å². The molecule has 3 rings (SSSR count). The predicted octanol–water partition coefficient (Wildman–Crippen LogP) is 2.42. The van der Waals surface area contributed by atoms with Crippen molar-refractivity contribution in [1.82, 2.24) is 4.90 Å². The molecule has 0 radical (unpaired) electrons. The highest BCUT2D eigenvalue weighted by Gasteiger charge is 2.20. The third kappa shape index (κ3) is 3.01. The van der Waals surface area contributed by atoms with Crippen LogP contribution in [0.3, 0.4) is 0 Å². The highest BCUT2D eigenvalue weighted by atomic mass is 16.7. The molecular weight excluding hydrogens is 242 g/mol.